The summed E-state index contributed by atoms with van der Waals surface area (Å²) in [6.07, 6.45) is 3.43. The first-order valence-electron chi connectivity index (χ1n) is 7.21. The fourth-order valence-corrected chi connectivity index (χ4v) is 3.27. The lowest BCUT2D eigenvalue weighted by Gasteiger charge is -2.33. The van der Waals surface area contributed by atoms with E-state index in [1.165, 1.54) is 11.3 Å². The van der Waals surface area contributed by atoms with Crippen LogP contribution in [0.5, 0.6) is 0 Å². The first-order valence-corrected chi connectivity index (χ1v) is 8.15. The van der Waals surface area contributed by atoms with Gasteiger partial charge in [0, 0.05) is 36.3 Å². The molecular formula is C16H16N4OS. The van der Waals surface area contributed by atoms with Crippen LogP contribution in [0, 0.1) is 11.3 Å². The van der Waals surface area contributed by atoms with E-state index >= 15 is 0 Å². The molecule has 0 aromatic carbocycles. The van der Waals surface area contributed by atoms with Gasteiger partial charge in [0.2, 0.25) is 0 Å². The number of carbonyl (C=O) groups excluding carboxylic acids is 1. The number of pyridine rings is 1. The summed E-state index contributed by atoms with van der Waals surface area (Å²) in [7, 11) is 0. The predicted molar refractivity (Wildman–Crippen MR) is 86.0 cm³/mol. The van der Waals surface area contributed by atoms with Crippen LogP contribution in [0.4, 0.5) is 5.82 Å². The normalized spacial score (nSPS) is 15.3. The molecule has 22 heavy (non-hydrogen) atoms. The minimum atomic E-state index is -0.00440. The molecule has 0 atom stereocenters. The molecule has 0 saturated carbocycles. The molecule has 112 valence electrons. The molecule has 0 radical (unpaired) electrons. The molecule has 0 bridgehead atoms. The van der Waals surface area contributed by atoms with Gasteiger partial charge in [-0.2, -0.15) is 16.6 Å². The van der Waals surface area contributed by atoms with E-state index in [1.54, 1.807) is 18.3 Å². The Hall–Kier alpha value is -2.39. The van der Waals surface area contributed by atoms with Crippen LogP contribution >= 0.6 is 11.3 Å². The Balaban J connectivity index is 1.59. The highest BCUT2D eigenvalue weighted by Crippen LogP contribution is 2.21. The van der Waals surface area contributed by atoms with Crippen LogP contribution in [0.3, 0.4) is 0 Å². The zero-order chi connectivity index (χ0) is 15.4. The highest BCUT2D eigenvalue weighted by Gasteiger charge is 2.23. The summed E-state index contributed by atoms with van der Waals surface area (Å²) >= 11 is 1.52. The van der Waals surface area contributed by atoms with Gasteiger partial charge in [-0.05, 0) is 36.4 Å². The van der Waals surface area contributed by atoms with E-state index in [0.29, 0.717) is 5.56 Å². The molecule has 1 aliphatic heterocycles. The molecule has 3 heterocycles. The van der Waals surface area contributed by atoms with Crippen LogP contribution in [-0.4, -0.2) is 30.0 Å². The van der Waals surface area contributed by atoms with Crippen LogP contribution < -0.4 is 10.2 Å². The van der Waals surface area contributed by atoms with E-state index in [4.69, 9.17) is 5.26 Å². The lowest BCUT2D eigenvalue weighted by molar-refractivity contribution is 0.0931. The SMILES string of the molecule is N#Cc1cccnc1N1CCC(NC(=O)c2ccsc2)CC1. The Morgan fingerprint density at radius 1 is 1.41 bits per heavy atom. The van der Waals surface area contributed by atoms with Crippen molar-refractivity contribution in [3.8, 4) is 6.07 Å². The average molecular weight is 312 g/mol. The van der Waals surface area contributed by atoms with Crippen molar-refractivity contribution < 1.29 is 4.79 Å². The Bertz CT molecular complexity index is 684. The molecule has 1 fully saturated rings. The van der Waals surface area contributed by atoms with Gasteiger partial charge in [0.15, 0.2) is 0 Å². The van der Waals surface area contributed by atoms with E-state index in [0.717, 1.165) is 37.3 Å². The fraction of sp³-hybridized carbons (Fsp3) is 0.312. The summed E-state index contributed by atoms with van der Waals surface area (Å²) in [5, 5.41) is 16.0. The van der Waals surface area contributed by atoms with Gasteiger partial charge in [-0.1, -0.05) is 0 Å². The number of amides is 1. The largest absolute Gasteiger partial charge is 0.355 e. The van der Waals surface area contributed by atoms with Crippen molar-refractivity contribution in [3.63, 3.8) is 0 Å². The number of aromatic nitrogens is 1. The van der Waals surface area contributed by atoms with Crippen LogP contribution in [0.15, 0.2) is 35.2 Å². The molecule has 0 unspecified atom stereocenters. The van der Waals surface area contributed by atoms with Crippen LogP contribution in [0.2, 0.25) is 0 Å². The maximum absolute atomic E-state index is 12.1. The summed E-state index contributed by atoms with van der Waals surface area (Å²) in [5.41, 5.74) is 1.33. The van der Waals surface area contributed by atoms with Gasteiger partial charge in [0.05, 0.1) is 5.56 Å². The van der Waals surface area contributed by atoms with Crippen molar-refractivity contribution in [2.45, 2.75) is 18.9 Å². The number of nitrogens with zero attached hydrogens (tertiary/aromatic N) is 3. The molecule has 1 aliphatic rings. The molecule has 1 saturated heterocycles. The third-order valence-electron chi connectivity index (χ3n) is 3.82. The van der Waals surface area contributed by atoms with Gasteiger partial charge in [0.1, 0.15) is 11.9 Å². The zero-order valence-corrected chi connectivity index (χ0v) is 12.8. The summed E-state index contributed by atoms with van der Waals surface area (Å²) < 4.78 is 0. The Kier molecular flexibility index (Phi) is 4.35. The van der Waals surface area contributed by atoms with Crippen LogP contribution in [-0.2, 0) is 0 Å². The number of thiophene rings is 1. The van der Waals surface area contributed by atoms with E-state index in [9.17, 15) is 4.79 Å². The van der Waals surface area contributed by atoms with Gasteiger partial charge in [0.25, 0.3) is 5.91 Å². The number of nitriles is 1. The Morgan fingerprint density at radius 3 is 2.91 bits per heavy atom. The molecule has 5 nitrogen and oxygen atoms in total. The molecule has 3 rings (SSSR count). The van der Waals surface area contributed by atoms with Gasteiger partial charge in [-0.3, -0.25) is 4.79 Å². The second kappa shape index (κ2) is 6.58. The van der Waals surface area contributed by atoms with Crippen molar-refractivity contribution in [1.29, 1.82) is 5.26 Å². The molecule has 2 aromatic heterocycles. The number of carbonyl (C=O) groups is 1. The van der Waals surface area contributed by atoms with Gasteiger partial charge >= 0.3 is 0 Å². The van der Waals surface area contributed by atoms with Crippen LogP contribution in [0.25, 0.3) is 0 Å². The van der Waals surface area contributed by atoms with Crippen molar-refractivity contribution >= 4 is 23.1 Å². The number of hydrogen-bond acceptors (Lipinski definition) is 5. The maximum atomic E-state index is 12.1. The van der Waals surface area contributed by atoms with E-state index in [2.05, 4.69) is 21.3 Å². The van der Waals surface area contributed by atoms with E-state index in [-0.39, 0.29) is 11.9 Å². The molecule has 1 amide bonds. The summed E-state index contributed by atoms with van der Waals surface area (Å²) in [5.74, 6) is 0.739. The highest BCUT2D eigenvalue weighted by atomic mass is 32.1. The summed E-state index contributed by atoms with van der Waals surface area (Å²) in [4.78, 5) is 18.5. The lowest BCUT2D eigenvalue weighted by Crippen LogP contribution is -2.45. The van der Waals surface area contributed by atoms with Crippen molar-refractivity contribution in [3.05, 3.63) is 46.3 Å². The number of anilines is 1. The summed E-state index contributed by atoms with van der Waals surface area (Å²) in [6.45, 7) is 1.58. The monoisotopic (exact) mass is 312 g/mol. The summed E-state index contributed by atoms with van der Waals surface area (Å²) in [6, 6.07) is 7.75. The molecule has 2 aromatic rings. The number of nitrogens with one attached hydrogen (secondary N) is 1. The molecule has 0 spiro atoms. The van der Waals surface area contributed by atoms with Gasteiger partial charge in [-0.25, -0.2) is 4.98 Å². The molecular weight excluding hydrogens is 296 g/mol. The third kappa shape index (κ3) is 3.10. The second-order valence-electron chi connectivity index (χ2n) is 5.23. The number of rotatable bonds is 3. The van der Waals surface area contributed by atoms with E-state index in [1.807, 2.05) is 16.8 Å². The van der Waals surface area contributed by atoms with Crippen molar-refractivity contribution in [2.24, 2.45) is 0 Å². The first-order chi connectivity index (χ1) is 10.8. The fourth-order valence-electron chi connectivity index (χ4n) is 2.63. The maximum Gasteiger partial charge on any atom is 0.252 e. The minimum absolute atomic E-state index is 0.00440. The molecule has 6 heteroatoms. The van der Waals surface area contributed by atoms with Gasteiger partial charge in [-0.15, -0.1) is 0 Å². The smallest absolute Gasteiger partial charge is 0.252 e. The van der Waals surface area contributed by atoms with Crippen molar-refractivity contribution in [1.82, 2.24) is 10.3 Å². The highest BCUT2D eigenvalue weighted by molar-refractivity contribution is 7.08. The predicted octanol–water partition coefficient (Wildman–Crippen LogP) is 2.41. The zero-order valence-electron chi connectivity index (χ0n) is 12.0. The molecule has 0 aliphatic carbocycles. The Morgan fingerprint density at radius 2 is 2.23 bits per heavy atom. The third-order valence-corrected chi connectivity index (χ3v) is 4.50. The van der Waals surface area contributed by atoms with Crippen molar-refractivity contribution in [2.75, 3.05) is 18.0 Å². The number of piperidine rings is 1. The minimum Gasteiger partial charge on any atom is -0.355 e. The first kappa shape index (κ1) is 14.5. The topological polar surface area (TPSA) is 69.0 Å². The quantitative estimate of drug-likeness (QED) is 0.945. The van der Waals surface area contributed by atoms with E-state index < -0.39 is 0 Å². The second-order valence-corrected chi connectivity index (χ2v) is 6.01. The Labute approximate surface area is 133 Å². The standard InChI is InChI=1S/C16H16N4OS/c17-10-12-2-1-6-18-15(12)20-7-3-14(4-8-20)19-16(21)13-5-9-22-11-13/h1-2,5-6,9,11,14H,3-4,7-8H2,(H,19,21). The lowest BCUT2D eigenvalue weighted by atomic mass is 10.0. The average Bonchev–Trinajstić information content (AvgIpc) is 3.10. The number of hydrogen-bond donors (Lipinski definition) is 1. The molecule has 1 N–H and O–H groups in total. The van der Waals surface area contributed by atoms with Gasteiger partial charge < -0.3 is 10.2 Å². The van der Waals surface area contributed by atoms with Crippen LogP contribution in [0.1, 0.15) is 28.8 Å².